The molecule has 3 rings (SSSR count). The van der Waals surface area contributed by atoms with E-state index in [1.165, 1.54) is 25.9 Å². The van der Waals surface area contributed by atoms with Gasteiger partial charge in [-0.25, -0.2) is 4.98 Å². The maximum atomic E-state index is 9.79. The summed E-state index contributed by atoms with van der Waals surface area (Å²) in [4.78, 5) is 6.98. The van der Waals surface area contributed by atoms with Gasteiger partial charge in [-0.3, -0.25) is 0 Å². The van der Waals surface area contributed by atoms with Crippen LogP contribution in [-0.4, -0.2) is 39.0 Å². The molecule has 0 radical (unpaired) electrons. The number of fused-ring (bicyclic) bond motifs is 1. The van der Waals surface area contributed by atoms with Crippen molar-refractivity contribution in [3.63, 3.8) is 0 Å². The molecule has 0 aromatic carbocycles. The van der Waals surface area contributed by atoms with Crippen molar-refractivity contribution < 1.29 is 5.11 Å². The second-order valence-corrected chi connectivity index (χ2v) is 5.40. The topological polar surface area (TPSA) is 40.8 Å². The molecule has 0 amide bonds. The van der Waals surface area contributed by atoms with E-state index in [1.807, 2.05) is 16.7 Å². The first-order chi connectivity index (χ1) is 9.28. The Bertz CT molecular complexity index is 556. The number of pyridine rings is 1. The van der Waals surface area contributed by atoms with Crippen molar-refractivity contribution in [3.8, 4) is 5.75 Å². The number of hydrogen-bond donors (Lipinski definition) is 1. The first kappa shape index (κ1) is 12.5. The van der Waals surface area contributed by atoms with Crippen LogP contribution in [-0.2, 0) is 6.42 Å². The Morgan fingerprint density at radius 2 is 2.16 bits per heavy atom. The molecule has 0 aliphatic carbocycles. The maximum Gasteiger partial charge on any atom is 0.141 e. The van der Waals surface area contributed by atoms with Crippen molar-refractivity contribution in [2.45, 2.75) is 26.2 Å². The summed E-state index contributed by atoms with van der Waals surface area (Å²) in [5, 5.41) is 9.79. The zero-order chi connectivity index (χ0) is 13.2. The van der Waals surface area contributed by atoms with E-state index >= 15 is 0 Å². The van der Waals surface area contributed by atoms with Crippen LogP contribution in [0.2, 0.25) is 0 Å². The summed E-state index contributed by atoms with van der Waals surface area (Å²) in [7, 11) is 0. The van der Waals surface area contributed by atoms with E-state index in [-0.39, 0.29) is 0 Å². The van der Waals surface area contributed by atoms with Crippen molar-refractivity contribution in [3.05, 3.63) is 30.4 Å². The molecule has 1 fully saturated rings. The van der Waals surface area contributed by atoms with Crippen LogP contribution in [0.5, 0.6) is 5.75 Å². The van der Waals surface area contributed by atoms with E-state index in [9.17, 15) is 5.11 Å². The Hall–Kier alpha value is -1.55. The zero-order valence-corrected chi connectivity index (χ0v) is 11.4. The minimum atomic E-state index is 0.307. The van der Waals surface area contributed by atoms with Gasteiger partial charge in [-0.15, -0.1) is 0 Å². The molecule has 2 aromatic rings. The largest absolute Gasteiger partial charge is 0.506 e. The average molecular weight is 259 g/mol. The van der Waals surface area contributed by atoms with E-state index in [1.54, 1.807) is 12.3 Å². The summed E-state index contributed by atoms with van der Waals surface area (Å²) in [6.45, 7) is 5.80. The van der Waals surface area contributed by atoms with Gasteiger partial charge in [-0.2, -0.15) is 0 Å². The number of imidazole rings is 1. The predicted molar refractivity (Wildman–Crippen MR) is 75.4 cm³/mol. The molecular formula is C15H21N3O. The van der Waals surface area contributed by atoms with Crippen LogP contribution < -0.4 is 0 Å². The van der Waals surface area contributed by atoms with Gasteiger partial charge < -0.3 is 14.4 Å². The summed E-state index contributed by atoms with van der Waals surface area (Å²) in [6.07, 6.45) is 7.27. The van der Waals surface area contributed by atoms with Gasteiger partial charge in [0, 0.05) is 12.6 Å². The Balaban J connectivity index is 1.74. The number of likely N-dealkylation sites (tertiary alicyclic amines) is 1. The standard InChI is InChI=1S/C15H21N3O/c1-2-17-8-5-12(6-9-17)10-15-16-11-13-14(19)4-3-7-18(13)15/h3-4,7,11-12,19H,2,5-6,8-10H2,1H3. The van der Waals surface area contributed by atoms with Gasteiger partial charge in [0.25, 0.3) is 0 Å². The van der Waals surface area contributed by atoms with E-state index in [0.29, 0.717) is 5.75 Å². The first-order valence-electron chi connectivity index (χ1n) is 7.14. The molecule has 102 valence electrons. The van der Waals surface area contributed by atoms with Crippen LogP contribution in [0.25, 0.3) is 5.52 Å². The monoisotopic (exact) mass is 259 g/mol. The highest BCUT2D eigenvalue weighted by Crippen LogP contribution is 2.24. The Morgan fingerprint density at radius 3 is 2.89 bits per heavy atom. The number of piperidine rings is 1. The normalized spacial score (nSPS) is 18.2. The lowest BCUT2D eigenvalue weighted by Crippen LogP contribution is -2.34. The molecule has 0 atom stereocenters. The predicted octanol–water partition coefficient (Wildman–Crippen LogP) is 2.31. The van der Waals surface area contributed by atoms with E-state index in [0.717, 1.165) is 30.2 Å². The van der Waals surface area contributed by atoms with Gasteiger partial charge in [0.2, 0.25) is 0 Å². The van der Waals surface area contributed by atoms with E-state index in [2.05, 4.69) is 16.8 Å². The molecule has 19 heavy (non-hydrogen) atoms. The van der Waals surface area contributed by atoms with Gasteiger partial charge in [0.1, 0.15) is 17.1 Å². The quantitative estimate of drug-likeness (QED) is 0.919. The van der Waals surface area contributed by atoms with Gasteiger partial charge in [-0.1, -0.05) is 6.92 Å². The van der Waals surface area contributed by atoms with Crippen molar-refractivity contribution in [2.75, 3.05) is 19.6 Å². The third-order valence-electron chi connectivity index (χ3n) is 4.25. The molecule has 4 heteroatoms. The van der Waals surface area contributed by atoms with Gasteiger partial charge in [0.15, 0.2) is 0 Å². The number of aromatic nitrogens is 2. The fourth-order valence-corrected chi connectivity index (χ4v) is 2.98. The second-order valence-electron chi connectivity index (χ2n) is 5.40. The third kappa shape index (κ3) is 2.45. The van der Waals surface area contributed by atoms with Crippen LogP contribution in [0, 0.1) is 5.92 Å². The molecule has 1 saturated heterocycles. The van der Waals surface area contributed by atoms with Crippen molar-refractivity contribution in [2.24, 2.45) is 5.92 Å². The van der Waals surface area contributed by atoms with Crippen LogP contribution in [0.1, 0.15) is 25.6 Å². The minimum absolute atomic E-state index is 0.307. The average Bonchev–Trinajstić information content (AvgIpc) is 2.84. The molecule has 0 unspecified atom stereocenters. The molecular weight excluding hydrogens is 238 g/mol. The molecule has 0 saturated carbocycles. The fraction of sp³-hybridized carbons (Fsp3) is 0.533. The minimum Gasteiger partial charge on any atom is -0.506 e. The lowest BCUT2D eigenvalue weighted by Gasteiger charge is -2.30. The Morgan fingerprint density at radius 1 is 1.37 bits per heavy atom. The van der Waals surface area contributed by atoms with Gasteiger partial charge >= 0.3 is 0 Å². The Labute approximate surface area is 113 Å². The van der Waals surface area contributed by atoms with Crippen LogP contribution in [0.3, 0.4) is 0 Å². The second kappa shape index (κ2) is 5.21. The molecule has 1 aliphatic rings. The van der Waals surface area contributed by atoms with Gasteiger partial charge in [-0.05, 0) is 50.5 Å². The van der Waals surface area contributed by atoms with Gasteiger partial charge in [0.05, 0.1) is 6.20 Å². The van der Waals surface area contributed by atoms with Crippen LogP contribution in [0.15, 0.2) is 24.5 Å². The zero-order valence-electron chi connectivity index (χ0n) is 11.4. The SMILES string of the molecule is CCN1CCC(Cc2ncc3c(O)cccn23)CC1. The highest BCUT2D eigenvalue weighted by molar-refractivity contribution is 5.58. The molecule has 0 bridgehead atoms. The number of nitrogens with zero attached hydrogens (tertiary/aromatic N) is 3. The molecule has 2 aromatic heterocycles. The molecule has 4 nitrogen and oxygen atoms in total. The molecule has 3 heterocycles. The van der Waals surface area contributed by atoms with E-state index in [4.69, 9.17) is 0 Å². The van der Waals surface area contributed by atoms with Crippen molar-refractivity contribution >= 4 is 5.52 Å². The number of aromatic hydroxyl groups is 1. The summed E-state index contributed by atoms with van der Waals surface area (Å²) in [5.74, 6) is 2.10. The molecule has 0 spiro atoms. The lowest BCUT2D eigenvalue weighted by atomic mass is 9.93. The Kier molecular flexibility index (Phi) is 3.42. The summed E-state index contributed by atoms with van der Waals surface area (Å²) >= 11 is 0. The summed E-state index contributed by atoms with van der Waals surface area (Å²) in [6, 6.07) is 3.58. The highest BCUT2D eigenvalue weighted by Gasteiger charge is 2.20. The fourth-order valence-electron chi connectivity index (χ4n) is 2.98. The van der Waals surface area contributed by atoms with Crippen LogP contribution in [0.4, 0.5) is 0 Å². The lowest BCUT2D eigenvalue weighted by molar-refractivity contribution is 0.191. The summed E-state index contributed by atoms with van der Waals surface area (Å²) < 4.78 is 2.02. The van der Waals surface area contributed by atoms with Crippen molar-refractivity contribution in [1.82, 2.24) is 14.3 Å². The highest BCUT2D eigenvalue weighted by atomic mass is 16.3. The van der Waals surface area contributed by atoms with E-state index < -0.39 is 0 Å². The smallest absolute Gasteiger partial charge is 0.141 e. The first-order valence-corrected chi connectivity index (χ1v) is 7.14. The number of rotatable bonds is 3. The van der Waals surface area contributed by atoms with Crippen LogP contribution >= 0.6 is 0 Å². The molecule has 1 N–H and O–H groups in total. The van der Waals surface area contributed by atoms with Crippen molar-refractivity contribution in [1.29, 1.82) is 0 Å². The summed E-state index contributed by atoms with van der Waals surface area (Å²) in [5.41, 5.74) is 0.809. The molecule has 1 aliphatic heterocycles. The maximum absolute atomic E-state index is 9.79. The third-order valence-corrected chi connectivity index (χ3v) is 4.25. The number of hydrogen-bond acceptors (Lipinski definition) is 3.